The van der Waals surface area contributed by atoms with Crippen molar-refractivity contribution in [3.05, 3.63) is 18.4 Å². The molecule has 0 saturated heterocycles. The Balaban J connectivity index is 1.82. The highest BCUT2D eigenvalue weighted by atomic mass is 32.1. The number of nitrogens with one attached hydrogen (secondary N) is 1. The molecule has 1 fully saturated rings. The number of hydrogen-bond acceptors (Lipinski definition) is 5. The first-order valence-corrected chi connectivity index (χ1v) is 5.37. The highest BCUT2D eigenvalue weighted by molar-refractivity contribution is 7.18. The van der Waals surface area contributed by atoms with Gasteiger partial charge < -0.3 is 9.73 Å². The van der Waals surface area contributed by atoms with E-state index in [1.807, 2.05) is 12.1 Å². The third kappa shape index (κ3) is 1.50. The van der Waals surface area contributed by atoms with E-state index in [1.165, 1.54) is 24.2 Å². The molecule has 2 heterocycles. The molecule has 0 radical (unpaired) electrons. The van der Waals surface area contributed by atoms with Crippen molar-refractivity contribution in [1.29, 1.82) is 0 Å². The molecule has 1 N–H and O–H groups in total. The molecule has 2 aromatic heterocycles. The molecular formula is C9H9N3OS. The summed E-state index contributed by atoms with van der Waals surface area (Å²) in [6.45, 7) is 0. The highest BCUT2D eigenvalue weighted by Gasteiger charge is 2.22. The zero-order valence-electron chi connectivity index (χ0n) is 7.43. The summed E-state index contributed by atoms with van der Waals surface area (Å²) in [5.41, 5.74) is 0. The fraction of sp³-hybridized carbons (Fsp3) is 0.333. The lowest BCUT2D eigenvalue weighted by molar-refractivity contribution is 0.581. The standard InChI is InChI=1S/C9H9N3OS/c1-2-7(13-5-1)8-11-12-9(14-8)10-6-3-4-6/h1-2,5-6H,3-4H2,(H,10,12). The summed E-state index contributed by atoms with van der Waals surface area (Å²) in [6.07, 6.45) is 4.13. The Kier molecular flexibility index (Phi) is 1.77. The van der Waals surface area contributed by atoms with Gasteiger partial charge in [0.05, 0.1) is 6.26 Å². The zero-order valence-corrected chi connectivity index (χ0v) is 8.25. The van der Waals surface area contributed by atoms with Gasteiger partial charge in [0.1, 0.15) is 0 Å². The number of furan rings is 1. The van der Waals surface area contributed by atoms with Crippen LogP contribution in [0.3, 0.4) is 0 Å². The normalized spacial score (nSPS) is 15.7. The SMILES string of the molecule is c1coc(-c2nnc(NC3CC3)s2)c1. The first-order chi connectivity index (χ1) is 6.92. The third-order valence-corrected chi connectivity index (χ3v) is 2.93. The molecule has 72 valence electrons. The molecule has 0 amide bonds. The van der Waals surface area contributed by atoms with Crippen molar-refractivity contribution >= 4 is 16.5 Å². The predicted molar refractivity (Wildman–Crippen MR) is 54.3 cm³/mol. The summed E-state index contributed by atoms with van der Waals surface area (Å²) in [4.78, 5) is 0. The van der Waals surface area contributed by atoms with Gasteiger partial charge in [0.15, 0.2) is 10.8 Å². The Hall–Kier alpha value is -1.36. The lowest BCUT2D eigenvalue weighted by Crippen LogP contribution is -1.99. The first-order valence-electron chi connectivity index (χ1n) is 4.56. The Morgan fingerprint density at radius 3 is 3.07 bits per heavy atom. The molecule has 2 aromatic rings. The van der Waals surface area contributed by atoms with Crippen LogP contribution in [-0.2, 0) is 0 Å². The average Bonchev–Trinajstić information content (AvgIpc) is 2.71. The largest absolute Gasteiger partial charge is 0.462 e. The first kappa shape index (κ1) is 7.99. The fourth-order valence-electron chi connectivity index (χ4n) is 1.18. The van der Waals surface area contributed by atoms with E-state index in [-0.39, 0.29) is 0 Å². The topological polar surface area (TPSA) is 51.0 Å². The van der Waals surface area contributed by atoms with Crippen LogP contribution in [-0.4, -0.2) is 16.2 Å². The van der Waals surface area contributed by atoms with Crippen LogP contribution in [0.1, 0.15) is 12.8 Å². The van der Waals surface area contributed by atoms with Gasteiger partial charge in [0.2, 0.25) is 5.13 Å². The Morgan fingerprint density at radius 1 is 1.43 bits per heavy atom. The van der Waals surface area contributed by atoms with E-state index < -0.39 is 0 Å². The molecule has 0 atom stereocenters. The predicted octanol–water partition coefficient (Wildman–Crippen LogP) is 2.37. The van der Waals surface area contributed by atoms with E-state index in [9.17, 15) is 0 Å². The van der Waals surface area contributed by atoms with Crippen LogP contribution in [0.4, 0.5) is 5.13 Å². The van der Waals surface area contributed by atoms with Crippen molar-refractivity contribution in [2.45, 2.75) is 18.9 Å². The maximum Gasteiger partial charge on any atom is 0.206 e. The van der Waals surface area contributed by atoms with Crippen molar-refractivity contribution in [3.8, 4) is 10.8 Å². The zero-order chi connectivity index (χ0) is 9.38. The van der Waals surface area contributed by atoms with Crippen molar-refractivity contribution in [1.82, 2.24) is 10.2 Å². The van der Waals surface area contributed by atoms with Crippen LogP contribution in [0.15, 0.2) is 22.8 Å². The molecule has 0 unspecified atom stereocenters. The third-order valence-electron chi connectivity index (χ3n) is 2.06. The van der Waals surface area contributed by atoms with Crippen molar-refractivity contribution in [3.63, 3.8) is 0 Å². The molecular weight excluding hydrogens is 198 g/mol. The highest BCUT2D eigenvalue weighted by Crippen LogP contribution is 2.30. The molecule has 1 saturated carbocycles. The number of hydrogen-bond donors (Lipinski definition) is 1. The van der Waals surface area contributed by atoms with Crippen LogP contribution in [0, 0.1) is 0 Å². The van der Waals surface area contributed by atoms with Gasteiger partial charge in [-0.2, -0.15) is 0 Å². The van der Waals surface area contributed by atoms with Crippen LogP contribution in [0.25, 0.3) is 10.8 Å². The second-order valence-corrected chi connectivity index (χ2v) is 4.29. The van der Waals surface area contributed by atoms with Gasteiger partial charge in [-0.3, -0.25) is 0 Å². The molecule has 5 heteroatoms. The molecule has 4 nitrogen and oxygen atoms in total. The number of nitrogens with zero attached hydrogens (tertiary/aromatic N) is 2. The Bertz CT molecular complexity index is 419. The maximum absolute atomic E-state index is 5.23. The number of anilines is 1. The van der Waals surface area contributed by atoms with E-state index in [0.717, 1.165) is 15.9 Å². The second-order valence-electron chi connectivity index (χ2n) is 3.31. The summed E-state index contributed by atoms with van der Waals surface area (Å²) < 4.78 is 5.23. The summed E-state index contributed by atoms with van der Waals surface area (Å²) in [7, 11) is 0. The van der Waals surface area contributed by atoms with Crippen molar-refractivity contribution in [2.24, 2.45) is 0 Å². The average molecular weight is 207 g/mol. The summed E-state index contributed by atoms with van der Waals surface area (Å²) in [5, 5.41) is 13.1. The molecule has 1 aliphatic rings. The maximum atomic E-state index is 5.23. The molecule has 1 aliphatic carbocycles. The Labute approximate surface area is 85.0 Å². The van der Waals surface area contributed by atoms with Gasteiger partial charge in [0, 0.05) is 6.04 Å². The van der Waals surface area contributed by atoms with Crippen molar-refractivity contribution in [2.75, 3.05) is 5.32 Å². The van der Waals surface area contributed by atoms with E-state index in [1.54, 1.807) is 6.26 Å². The van der Waals surface area contributed by atoms with Gasteiger partial charge in [-0.15, -0.1) is 10.2 Å². The molecule has 14 heavy (non-hydrogen) atoms. The minimum Gasteiger partial charge on any atom is -0.462 e. The van der Waals surface area contributed by atoms with E-state index in [0.29, 0.717) is 6.04 Å². The van der Waals surface area contributed by atoms with E-state index in [2.05, 4.69) is 15.5 Å². The lowest BCUT2D eigenvalue weighted by Gasteiger charge is -1.93. The van der Waals surface area contributed by atoms with E-state index in [4.69, 9.17) is 4.42 Å². The number of rotatable bonds is 3. The molecule has 0 bridgehead atoms. The summed E-state index contributed by atoms with van der Waals surface area (Å²) in [6, 6.07) is 4.36. The quantitative estimate of drug-likeness (QED) is 0.839. The molecule has 0 aliphatic heterocycles. The van der Waals surface area contributed by atoms with Gasteiger partial charge in [-0.25, -0.2) is 0 Å². The lowest BCUT2D eigenvalue weighted by atomic mass is 10.5. The van der Waals surface area contributed by atoms with Crippen LogP contribution in [0.2, 0.25) is 0 Å². The summed E-state index contributed by atoms with van der Waals surface area (Å²) >= 11 is 1.53. The van der Waals surface area contributed by atoms with Crippen LogP contribution < -0.4 is 5.32 Å². The van der Waals surface area contributed by atoms with Gasteiger partial charge in [-0.1, -0.05) is 11.3 Å². The molecule has 0 spiro atoms. The van der Waals surface area contributed by atoms with Gasteiger partial charge in [0.25, 0.3) is 0 Å². The summed E-state index contributed by atoms with van der Waals surface area (Å²) in [5.74, 6) is 0.784. The van der Waals surface area contributed by atoms with E-state index >= 15 is 0 Å². The number of aromatic nitrogens is 2. The molecule has 0 aromatic carbocycles. The Morgan fingerprint density at radius 2 is 2.36 bits per heavy atom. The fourth-order valence-corrected chi connectivity index (χ4v) is 1.97. The minimum absolute atomic E-state index is 0.618. The van der Waals surface area contributed by atoms with Crippen molar-refractivity contribution < 1.29 is 4.42 Å². The monoisotopic (exact) mass is 207 g/mol. The van der Waals surface area contributed by atoms with Gasteiger partial charge >= 0.3 is 0 Å². The van der Waals surface area contributed by atoms with Crippen LogP contribution >= 0.6 is 11.3 Å². The molecule has 3 rings (SSSR count). The van der Waals surface area contributed by atoms with Gasteiger partial charge in [-0.05, 0) is 25.0 Å². The van der Waals surface area contributed by atoms with Crippen LogP contribution in [0.5, 0.6) is 0 Å². The second kappa shape index (κ2) is 3.09. The smallest absolute Gasteiger partial charge is 0.206 e. The minimum atomic E-state index is 0.618.